The lowest BCUT2D eigenvalue weighted by atomic mass is 10.3. The highest BCUT2D eigenvalue weighted by Gasteiger charge is 2.22. The van der Waals surface area contributed by atoms with E-state index in [2.05, 4.69) is 10.3 Å². The first-order chi connectivity index (χ1) is 14.7. The summed E-state index contributed by atoms with van der Waals surface area (Å²) in [5.74, 6) is -0.381. The molecule has 3 aromatic rings. The molecule has 3 rings (SSSR count). The van der Waals surface area contributed by atoms with Crippen molar-refractivity contribution in [1.29, 1.82) is 0 Å². The van der Waals surface area contributed by atoms with E-state index in [0.717, 1.165) is 30.5 Å². The van der Waals surface area contributed by atoms with E-state index in [9.17, 15) is 33.4 Å². The van der Waals surface area contributed by atoms with Crippen LogP contribution in [0.1, 0.15) is 0 Å². The molecule has 1 heterocycles. The van der Waals surface area contributed by atoms with Crippen LogP contribution in [0.5, 0.6) is 5.75 Å². The number of thiazole rings is 1. The van der Waals surface area contributed by atoms with E-state index >= 15 is 0 Å². The van der Waals surface area contributed by atoms with Gasteiger partial charge >= 0.3 is 0 Å². The van der Waals surface area contributed by atoms with Crippen LogP contribution in [-0.2, 0) is 14.6 Å². The first kappa shape index (κ1) is 21.8. The zero-order valence-corrected chi connectivity index (χ0v) is 17.0. The first-order valence-corrected chi connectivity index (χ1v) is 10.6. The summed E-state index contributed by atoms with van der Waals surface area (Å²) >= 11 is 0.705. The fourth-order valence-electron chi connectivity index (χ4n) is 2.27. The number of nitro groups is 2. The maximum absolute atomic E-state index is 12.6. The van der Waals surface area contributed by atoms with Crippen molar-refractivity contribution in [1.82, 2.24) is 4.98 Å². The number of carbonyl (C=O) groups is 1. The minimum atomic E-state index is -3.97. The van der Waals surface area contributed by atoms with Crippen LogP contribution < -0.4 is 10.1 Å². The second-order valence-corrected chi connectivity index (χ2v) is 9.03. The molecule has 0 fully saturated rings. The predicted molar refractivity (Wildman–Crippen MR) is 108 cm³/mol. The Bertz CT molecular complexity index is 1240. The number of ether oxygens (including phenoxy) is 1. The molecule has 0 radical (unpaired) electrons. The van der Waals surface area contributed by atoms with E-state index < -0.39 is 32.2 Å². The summed E-state index contributed by atoms with van der Waals surface area (Å²) in [5, 5.41) is 23.7. The molecule has 0 aliphatic carbocycles. The van der Waals surface area contributed by atoms with Gasteiger partial charge in [0.2, 0.25) is 9.84 Å². The number of nitrogens with zero attached hydrogens (tertiary/aromatic N) is 3. The molecule has 0 aliphatic rings. The van der Waals surface area contributed by atoms with E-state index in [1.165, 1.54) is 24.3 Å². The molecule has 0 saturated heterocycles. The normalized spacial score (nSPS) is 11.0. The monoisotopic (exact) mass is 464 g/mol. The van der Waals surface area contributed by atoms with Crippen LogP contribution in [0.3, 0.4) is 0 Å². The number of nitrogens with one attached hydrogen (secondary N) is 1. The maximum atomic E-state index is 12.6. The molecular weight excluding hydrogens is 452 g/mol. The van der Waals surface area contributed by atoms with Crippen molar-refractivity contribution < 1.29 is 27.8 Å². The summed E-state index contributed by atoms with van der Waals surface area (Å²) in [6.45, 7) is -0.429. The van der Waals surface area contributed by atoms with Gasteiger partial charge in [-0.1, -0.05) is 11.3 Å². The maximum Gasteiger partial charge on any atom is 0.269 e. The summed E-state index contributed by atoms with van der Waals surface area (Å²) in [4.78, 5) is 35.8. The Hall–Kier alpha value is -3.91. The Morgan fingerprint density at radius 3 is 2.10 bits per heavy atom. The molecule has 1 N–H and O–H groups in total. The Labute approximate surface area is 178 Å². The molecule has 0 saturated carbocycles. The summed E-state index contributed by atoms with van der Waals surface area (Å²) < 4.78 is 30.3. The Morgan fingerprint density at radius 2 is 1.55 bits per heavy atom. The van der Waals surface area contributed by atoms with E-state index in [0.29, 0.717) is 11.3 Å². The van der Waals surface area contributed by atoms with Crippen molar-refractivity contribution in [2.75, 3.05) is 11.9 Å². The van der Waals surface area contributed by atoms with Gasteiger partial charge in [0, 0.05) is 24.3 Å². The lowest BCUT2D eigenvalue weighted by Crippen LogP contribution is -2.19. The molecule has 0 atom stereocenters. The van der Waals surface area contributed by atoms with E-state index in [4.69, 9.17) is 4.74 Å². The number of benzene rings is 2. The molecular formula is C17H12N4O8S2. The zero-order chi connectivity index (χ0) is 22.6. The summed E-state index contributed by atoms with van der Waals surface area (Å²) in [6, 6.07) is 9.51. The van der Waals surface area contributed by atoms with Crippen LogP contribution in [-0.4, -0.2) is 35.8 Å². The van der Waals surface area contributed by atoms with Gasteiger partial charge in [-0.15, -0.1) is 0 Å². The number of nitro benzene ring substituents is 2. The number of carbonyl (C=O) groups excluding carboxylic acids is 1. The third-order valence-corrected chi connectivity index (χ3v) is 6.91. The van der Waals surface area contributed by atoms with E-state index in [1.807, 2.05) is 0 Å². The van der Waals surface area contributed by atoms with Gasteiger partial charge in [-0.05, 0) is 24.3 Å². The molecule has 1 aromatic heterocycles. The molecule has 0 aliphatic heterocycles. The Balaban J connectivity index is 1.62. The number of sulfone groups is 1. The molecule has 1 amide bonds. The van der Waals surface area contributed by atoms with Gasteiger partial charge in [-0.3, -0.25) is 30.3 Å². The van der Waals surface area contributed by atoms with Crippen LogP contribution in [0.25, 0.3) is 0 Å². The molecule has 0 unspecified atom stereocenters. The number of amides is 1. The van der Waals surface area contributed by atoms with Crippen molar-refractivity contribution in [3.05, 3.63) is 75.0 Å². The molecule has 0 spiro atoms. The van der Waals surface area contributed by atoms with Gasteiger partial charge in [0.25, 0.3) is 17.3 Å². The number of hydrogen-bond acceptors (Lipinski definition) is 10. The van der Waals surface area contributed by atoms with Crippen LogP contribution >= 0.6 is 11.3 Å². The van der Waals surface area contributed by atoms with Gasteiger partial charge in [0.05, 0.1) is 20.9 Å². The molecule has 14 heteroatoms. The minimum absolute atomic E-state index is 0.0118. The van der Waals surface area contributed by atoms with Crippen molar-refractivity contribution in [2.45, 2.75) is 9.10 Å². The fraction of sp³-hybridized carbons (Fsp3) is 0.0588. The quantitative estimate of drug-likeness (QED) is 0.388. The van der Waals surface area contributed by atoms with Gasteiger partial charge < -0.3 is 4.74 Å². The minimum Gasteiger partial charge on any atom is -0.484 e. The predicted octanol–water partition coefficient (Wildman–Crippen LogP) is 2.81. The van der Waals surface area contributed by atoms with Crippen LogP contribution in [0.15, 0.2) is 63.8 Å². The van der Waals surface area contributed by atoms with Crippen molar-refractivity contribution >= 4 is 43.6 Å². The highest BCUT2D eigenvalue weighted by molar-refractivity contribution is 7.93. The van der Waals surface area contributed by atoms with Gasteiger partial charge in [0.15, 0.2) is 11.7 Å². The Kier molecular flexibility index (Phi) is 6.22. The van der Waals surface area contributed by atoms with Gasteiger partial charge in [-0.25, -0.2) is 13.4 Å². The van der Waals surface area contributed by atoms with Crippen LogP contribution in [0, 0.1) is 20.2 Å². The van der Waals surface area contributed by atoms with Gasteiger partial charge in [-0.2, -0.15) is 0 Å². The van der Waals surface area contributed by atoms with Crippen molar-refractivity contribution in [2.24, 2.45) is 0 Å². The second kappa shape index (κ2) is 8.85. The third kappa shape index (κ3) is 5.18. The molecule has 2 aromatic carbocycles. The largest absolute Gasteiger partial charge is 0.484 e. The number of non-ortho nitro benzene ring substituents is 2. The second-order valence-electron chi connectivity index (χ2n) is 5.83. The molecule has 0 bridgehead atoms. The molecule has 12 nitrogen and oxygen atoms in total. The van der Waals surface area contributed by atoms with E-state index in [1.54, 1.807) is 0 Å². The number of rotatable bonds is 8. The van der Waals surface area contributed by atoms with Crippen LogP contribution in [0.2, 0.25) is 0 Å². The molecule has 31 heavy (non-hydrogen) atoms. The lowest BCUT2D eigenvalue weighted by Gasteiger charge is -2.05. The summed E-state index contributed by atoms with van der Waals surface area (Å²) in [5.41, 5.74) is -0.370. The molecule has 160 valence electrons. The number of aromatic nitrogens is 1. The lowest BCUT2D eigenvalue weighted by molar-refractivity contribution is -0.385. The van der Waals surface area contributed by atoms with E-state index in [-0.39, 0.29) is 31.4 Å². The topological polar surface area (TPSA) is 172 Å². The van der Waals surface area contributed by atoms with Crippen LogP contribution in [0.4, 0.5) is 16.5 Å². The average molecular weight is 464 g/mol. The van der Waals surface area contributed by atoms with Crippen molar-refractivity contribution in [3.63, 3.8) is 0 Å². The fourth-order valence-corrected chi connectivity index (χ4v) is 4.72. The summed E-state index contributed by atoms with van der Waals surface area (Å²) in [6.07, 6.45) is 1.06. The first-order valence-electron chi connectivity index (χ1n) is 8.29. The number of hydrogen-bond donors (Lipinski definition) is 1. The van der Waals surface area contributed by atoms with Gasteiger partial charge in [0.1, 0.15) is 9.96 Å². The highest BCUT2D eigenvalue weighted by Crippen LogP contribution is 2.29. The standard InChI is InChI=1S/C17H12N4O8S2/c22-15(10-29-13-5-1-11(2-6-13)20(23)24)19-17-18-9-16(30-17)31(27,28)14-7-3-12(4-8-14)21(25)26/h1-9H,10H2,(H,18,19,22). The highest BCUT2D eigenvalue weighted by atomic mass is 32.2. The smallest absolute Gasteiger partial charge is 0.269 e. The number of anilines is 1. The Morgan fingerprint density at radius 1 is 1.00 bits per heavy atom. The van der Waals surface area contributed by atoms with Crippen molar-refractivity contribution in [3.8, 4) is 5.75 Å². The average Bonchev–Trinajstić information content (AvgIpc) is 3.22. The zero-order valence-electron chi connectivity index (χ0n) is 15.3. The third-order valence-electron chi connectivity index (χ3n) is 3.77. The summed E-state index contributed by atoms with van der Waals surface area (Å²) in [7, 11) is -3.97. The SMILES string of the molecule is O=C(COc1ccc([N+](=O)[O-])cc1)Nc1ncc(S(=O)(=O)c2ccc([N+](=O)[O-])cc2)s1.